The molecule has 0 heterocycles. The third-order valence-corrected chi connectivity index (χ3v) is 16.0. The van der Waals surface area contributed by atoms with E-state index in [-0.39, 0.29) is 24.8 Å². The van der Waals surface area contributed by atoms with Crippen molar-refractivity contribution in [2.24, 2.45) is 0 Å². The first-order chi connectivity index (χ1) is 24.3. The standard InChI is InChI=1S/C31H29.C13H10.C5H5.2ClH.Ti/c1-18-11-20(3)30(21(4)12-18)26-9-7-24-15-25-8-10-27(17-29(25)28(24)16-26)31-22(5)13-19(2)14-23(31)6;1-3-7-12(8-4-1)11-13-9-5-2-6-10-13;1-2-4-5-3-1;;;/h7-17H,1-6H3;1-10H;1-3H,4H2;2*1H;/q;;;;;+2/p-2. The molecule has 0 bridgehead atoms. The van der Waals surface area contributed by atoms with Crippen molar-refractivity contribution in [2.75, 3.05) is 0 Å². The third kappa shape index (κ3) is 6.79. The number of hydrogen-bond acceptors (Lipinski definition) is 0. The number of allylic oxidation sites excluding steroid dienone is 4. The summed E-state index contributed by atoms with van der Waals surface area (Å²) in [5.74, 6) is 0. The van der Waals surface area contributed by atoms with Gasteiger partial charge in [-0.05, 0) is 0 Å². The maximum absolute atomic E-state index is 2.53. The van der Waals surface area contributed by atoms with Crippen molar-refractivity contribution in [3.63, 3.8) is 0 Å². The Morgan fingerprint density at radius 2 is 0.942 bits per heavy atom. The van der Waals surface area contributed by atoms with Crippen molar-refractivity contribution >= 4 is 3.81 Å². The minimum absolute atomic E-state index is 0. The molecule has 258 valence electrons. The van der Waals surface area contributed by atoms with Gasteiger partial charge < -0.3 is 24.8 Å². The molecule has 6 aromatic rings. The Hall–Kier alpha value is -4.04. The summed E-state index contributed by atoms with van der Waals surface area (Å²) < 4.78 is 3.54. The van der Waals surface area contributed by atoms with Gasteiger partial charge >= 0.3 is 306 Å². The predicted molar refractivity (Wildman–Crippen MR) is 211 cm³/mol. The summed E-state index contributed by atoms with van der Waals surface area (Å²) in [7, 11) is 0. The summed E-state index contributed by atoms with van der Waals surface area (Å²) in [6, 6.07) is 46.7. The van der Waals surface area contributed by atoms with Crippen molar-refractivity contribution in [1.29, 1.82) is 0 Å². The molecule has 0 unspecified atom stereocenters. The van der Waals surface area contributed by atoms with Gasteiger partial charge in [0.1, 0.15) is 0 Å². The molecule has 0 spiro atoms. The van der Waals surface area contributed by atoms with Gasteiger partial charge in [-0.15, -0.1) is 0 Å². The van der Waals surface area contributed by atoms with Gasteiger partial charge in [0, 0.05) is 0 Å². The van der Waals surface area contributed by atoms with Crippen LogP contribution in [0.5, 0.6) is 0 Å². The zero-order chi connectivity index (χ0) is 34.5. The molecule has 0 aliphatic heterocycles. The molecule has 52 heavy (non-hydrogen) atoms. The van der Waals surface area contributed by atoms with Gasteiger partial charge in [-0.2, -0.15) is 0 Å². The van der Waals surface area contributed by atoms with E-state index in [9.17, 15) is 0 Å². The first-order valence-corrected chi connectivity index (χ1v) is 20.4. The van der Waals surface area contributed by atoms with Gasteiger partial charge in [0.2, 0.25) is 0 Å². The third-order valence-electron chi connectivity index (χ3n) is 10.8. The van der Waals surface area contributed by atoms with Crippen molar-refractivity contribution in [1.82, 2.24) is 0 Å². The molecule has 2 aliphatic rings. The Labute approximate surface area is 328 Å². The first-order valence-electron chi connectivity index (χ1n) is 17.9. The first kappa shape index (κ1) is 37.7. The van der Waals surface area contributed by atoms with Gasteiger partial charge in [-0.25, -0.2) is 0 Å². The van der Waals surface area contributed by atoms with Gasteiger partial charge in [0.15, 0.2) is 0 Å². The fraction of sp³-hybridized carbons (Fsp3) is 0.163. The summed E-state index contributed by atoms with van der Waals surface area (Å²) in [4.78, 5) is 0. The molecule has 6 aromatic carbocycles. The molecule has 0 aromatic heterocycles. The largest absolute Gasteiger partial charge is 1.00 e. The van der Waals surface area contributed by atoms with Crippen molar-refractivity contribution < 1.29 is 42.2 Å². The molecule has 0 fully saturated rings. The van der Waals surface area contributed by atoms with Crippen LogP contribution in [0.1, 0.15) is 66.3 Å². The van der Waals surface area contributed by atoms with Gasteiger partial charge in [0.25, 0.3) is 0 Å². The summed E-state index contributed by atoms with van der Waals surface area (Å²) >= 11 is -2.31. The minimum atomic E-state index is -2.31. The van der Waals surface area contributed by atoms with Gasteiger partial charge in [0.05, 0.1) is 0 Å². The summed E-state index contributed by atoms with van der Waals surface area (Å²) in [6.07, 6.45) is 8.16. The van der Waals surface area contributed by atoms with E-state index in [0.717, 1.165) is 6.42 Å². The zero-order valence-electron chi connectivity index (χ0n) is 30.8. The van der Waals surface area contributed by atoms with Gasteiger partial charge in [-0.1, -0.05) is 0 Å². The average Bonchev–Trinajstić information content (AvgIpc) is 3.74. The van der Waals surface area contributed by atoms with Crippen LogP contribution in [0, 0.1) is 41.5 Å². The molecular weight excluding hydrogens is 707 g/mol. The number of aryl methyl sites for hydroxylation is 6. The Morgan fingerprint density at radius 1 is 0.519 bits per heavy atom. The number of halogens is 2. The number of rotatable bonds is 6. The van der Waals surface area contributed by atoms with Gasteiger partial charge in [-0.3, -0.25) is 0 Å². The maximum Gasteiger partial charge on any atom is -1.00 e. The molecule has 0 N–H and O–H groups in total. The van der Waals surface area contributed by atoms with Crippen LogP contribution < -0.4 is 24.8 Å². The molecule has 0 saturated carbocycles. The van der Waals surface area contributed by atoms with Crippen molar-refractivity contribution in [2.45, 2.75) is 52.2 Å². The van der Waals surface area contributed by atoms with Crippen LogP contribution in [0.4, 0.5) is 0 Å². The summed E-state index contributed by atoms with van der Waals surface area (Å²) in [5.41, 5.74) is 21.9. The zero-order valence-corrected chi connectivity index (χ0v) is 33.9. The SMILES string of the molecule is Cc1cc(C)c(-c2ccc3c(c2)-c2cc(-c4c(C)cc(C)cc4C)ccc2[CH]3[Ti+2]([C]2=CC=CC2)=[C](c2ccccc2)c2ccccc2)c(C)c1.[Cl-].[Cl-]. The van der Waals surface area contributed by atoms with Crippen molar-refractivity contribution in [3.05, 3.63) is 199 Å². The monoisotopic (exact) mass is 750 g/mol. The van der Waals surface area contributed by atoms with Crippen LogP contribution in [-0.4, -0.2) is 3.81 Å². The maximum atomic E-state index is 2.53. The minimum Gasteiger partial charge on any atom is -1.00 e. The Kier molecular flexibility index (Phi) is 11.3. The molecule has 8 rings (SSSR count). The topological polar surface area (TPSA) is 0 Å². The Morgan fingerprint density at radius 3 is 1.33 bits per heavy atom. The van der Waals surface area contributed by atoms with E-state index >= 15 is 0 Å². The van der Waals surface area contributed by atoms with E-state index < -0.39 is 17.4 Å². The van der Waals surface area contributed by atoms with E-state index in [4.69, 9.17) is 0 Å². The van der Waals surface area contributed by atoms with E-state index in [1.165, 1.54) is 89.0 Å². The average molecular weight is 752 g/mol. The second-order valence-corrected chi connectivity index (χ2v) is 18.4. The molecular formula is C49H44Cl2Ti. The van der Waals surface area contributed by atoms with Crippen LogP contribution in [0.25, 0.3) is 33.4 Å². The number of fused-ring (bicyclic) bond motifs is 3. The Balaban J connectivity index is 0.00000232. The van der Waals surface area contributed by atoms with Crippen molar-refractivity contribution in [3.8, 4) is 33.4 Å². The molecule has 0 atom stereocenters. The molecule has 2 aliphatic carbocycles. The Bertz CT molecular complexity index is 2200. The fourth-order valence-electron chi connectivity index (χ4n) is 8.97. The van der Waals surface area contributed by atoms with E-state index in [1.54, 1.807) is 7.69 Å². The van der Waals surface area contributed by atoms with E-state index in [1.807, 2.05) is 0 Å². The number of benzene rings is 6. The fourth-order valence-corrected chi connectivity index (χ4v) is 14.7. The predicted octanol–water partition coefficient (Wildman–Crippen LogP) is 6.68. The summed E-state index contributed by atoms with van der Waals surface area (Å²) in [5, 5.41) is 0. The normalized spacial score (nSPS) is 12.6. The smallest absolute Gasteiger partial charge is 1.00 e. The van der Waals surface area contributed by atoms with Crippen LogP contribution in [0.3, 0.4) is 0 Å². The molecule has 0 nitrogen and oxygen atoms in total. The second kappa shape index (κ2) is 15.5. The molecule has 0 saturated heterocycles. The van der Waals surface area contributed by atoms with Crippen LogP contribution in [0.2, 0.25) is 0 Å². The van der Waals surface area contributed by atoms with Crippen LogP contribution in [-0.2, 0) is 17.4 Å². The molecule has 3 heteroatoms. The summed E-state index contributed by atoms with van der Waals surface area (Å²) in [6.45, 7) is 13.5. The second-order valence-electron chi connectivity index (χ2n) is 14.4. The number of hydrogen-bond donors (Lipinski definition) is 0. The van der Waals surface area contributed by atoms with Crippen LogP contribution in [0.15, 0.2) is 143 Å². The van der Waals surface area contributed by atoms with E-state index in [2.05, 4.69) is 181 Å². The van der Waals surface area contributed by atoms with Crippen LogP contribution >= 0.6 is 0 Å². The van der Waals surface area contributed by atoms with E-state index in [0.29, 0.717) is 4.22 Å². The quantitative estimate of drug-likeness (QED) is 0.167. The molecule has 0 amide bonds. The molecule has 0 radical (unpaired) electrons.